The number of aromatic nitrogens is 1. The SMILES string of the molecule is CCCNC(=O)NCCCNCc1cccnc1. The van der Waals surface area contributed by atoms with Crippen LogP contribution in [0.4, 0.5) is 4.79 Å². The zero-order chi connectivity index (χ0) is 13.1. The third-order valence-corrected chi connectivity index (χ3v) is 2.40. The highest BCUT2D eigenvalue weighted by molar-refractivity contribution is 5.73. The van der Waals surface area contributed by atoms with Gasteiger partial charge in [-0.25, -0.2) is 4.79 Å². The van der Waals surface area contributed by atoms with Gasteiger partial charge in [-0.2, -0.15) is 0 Å². The van der Waals surface area contributed by atoms with Crippen molar-refractivity contribution >= 4 is 6.03 Å². The molecule has 0 spiro atoms. The molecule has 18 heavy (non-hydrogen) atoms. The Morgan fingerprint density at radius 3 is 2.83 bits per heavy atom. The number of rotatable bonds is 8. The Balaban J connectivity index is 1.94. The molecular weight excluding hydrogens is 228 g/mol. The summed E-state index contributed by atoms with van der Waals surface area (Å²) in [5.41, 5.74) is 1.17. The maximum Gasteiger partial charge on any atom is 0.314 e. The molecule has 0 aliphatic heterocycles. The number of hydrogen-bond donors (Lipinski definition) is 3. The average molecular weight is 250 g/mol. The van der Waals surface area contributed by atoms with Crippen molar-refractivity contribution in [3.8, 4) is 0 Å². The van der Waals surface area contributed by atoms with Crippen molar-refractivity contribution < 1.29 is 4.79 Å². The van der Waals surface area contributed by atoms with Crippen LogP contribution >= 0.6 is 0 Å². The van der Waals surface area contributed by atoms with Crippen LogP contribution in [0.1, 0.15) is 25.3 Å². The third-order valence-electron chi connectivity index (χ3n) is 2.40. The van der Waals surface area contributed by atoms with E-state index in [1.165, 1.54) is 5.56 Å². The molecule has 0 saturated heterocycles. The van der Waals surface area contributed by atoms with Crippen molar-refractivity contribution in [2.75, 3.05) is 19.6 Å². The van der Waals surface area contributed by atoms with Crippen LogP contribution in [-0.2, 0) is 6.54 Å². The lowest BCUT2D eigenvalue weighted by molar-refractivity contribution is 0.241. The Labute approximate surface area is 108 Å². The van der Waals surface area contributed by atoms with Crippen LogP contribution in [0, 0.1) is 0 Å². The largest absolute Gasteiger partial charge is 0.338 e. The number of carbonyl (C=O) groups is 1. The molecule has 3 N–H and O–H groups in total. The second kappa shape index (κ2) is 9.41. The lowest BCUT2D eigenvalue weighted by Crippen LogP contribution is -2.37. The Bertz CT molecular complexity index is 329. The summed E-state index contributed by atoms with van der Waals surface area (Å²) in [7, 11) is 0. The molecule has 0 aliphatic rings. The van der Waals surface area contributed by atoms with Gasteiger partial charge in [-0.1, -0.05) is 13.0 Å². The molecular formula is C13H22N4O. The van der Waals surface area contributed by atoms with Gasteiger partial charge in [0, 0.05) is 32.0 Å². The van der Waals surface area contributed by atoms with Crippen LogP contribution < -0.4 is 16.0 Å². The molecule has 100 valence electrons. The first-order chi connectivity index (χ1) is 8.83. The molecule has 0 atom stereocenters. The van der Waals surface area contributed by atoms with Crippen molar-refractivity contribution in [2.45, 2.75) is 26.3 Å². The van der Waals surface area contributed by atoms with Crippen molar-refractivity contribution in [1.82, 2.24) is 20.9 Å². The molecule has 5 nitrogen and oxygen atoms in total. The maximum absolute atomic E-state index is 11.2. The standard InChI is InChI=1S/C13H22N4O/c1-2-6-16-13(18)17-9-4-8-15-11-12-5-3-7-14-10-12/h3,5,7,10,15H,2,4,6,8-9,11H2,1H3,(H2,16,17,18). The molecule has 0 aliphatic carbocycles. The number of carbonyl (C=O) groups excluding carboxylic acids is 1. The number of amides is 2. The van der Waals surface area contributed by atoms with Gasteiger partial charge in [0.25, 0.3) is 0 Å². The topological polar surface area (TPSA) is 66.1 Å². The molecule has 1 heterocycles. The van der Waals surface area contributed by atoms with Crippen LogP contribution in [0.3, 0.4) is 0 Å². The Morgan fingerprint density at radius 1 is 1.28 bits per heavy atom. The second-order valence-corrected chi connectivity index (χ2v) is 4.07. The summed E-state index contributed by atoms with van der Waals surface area (Å²) < 4.78 is 0. The highest BCUT2D eigenvalue weighted by atomic mass is 16.2. The van der Waals surface area contributed by atoms with E-state index in [1.807, 2.05) is 25.3 Å². The van der Waals surface area contributed by atoms with Crippen molar-refractivity contribution in [1.29, 1.82) is 0 Å². The number of urea groups is 1. The molecule has 1 rings (SSSR count). The van der Waals surface area contributed by atoms with Gasteiger partial charge < -0.3 is 16.0 Å². The smallest absolute Gasteiger partial charge is 0.314 e. The first kappa shape index (κ1) is 14.4. The predicted octanol–water partition coefficient (Wildman–Crippen LogP) is 1.27. The molecule has 1 aromatic heterocycles. The summed E-state index contributed by atoms with van der Waals surface area (Å²) in [6.45, 7) is 5.14. The Hall–Kier alpha value is -1.62. The normalized spacial score (nSPS) is 10.1. The monoisotopic (exact) mass is 250 g/mol. The zero-order valence-corrected chi connectivity index (χ0v) is 10.9. The van der Waals surface area contributed by atoms with Crippen molar-refractivity contribution in [3.05, 3.63) is 30.1 Å². The summed E-state index contributed by atoms with van der Waals surface area (Å²) in [6.07, 6.45) is 5.49. The van der Waals surface area contributed by atoms with Crippen LogP contribution in [0.5, 0.6) is 0 Å². The molecule has 1 aromatic rings. The first-order valence-electron chi connectivity index (χ1n) is 6.44. The fourth-order valence-electron chi connectivity index (χ4n) is 1.45. The summed E-state index contributed by atoms with van der Waals surface area (Å²) in [5, 5.41) is 8.89. The van der Waals surface area contributed by atoms with E-state index in [9.17, 15) is 4.79 Å². The number of hydrogen-bond acceptors (Lipinski definition) is 3. The van der Waals surface area contributed by atoms with Gasteiger partial charge in [0.15, 0.2) is 0 Å². The van der Waals surface area contributed by atoms with Gasteiger partial charge in [-0.05, 0) is 31.0 Å². The number of nitrogens with zero attached hydrogens (tertiary/aromatic N) is 1. The minimum atomic E-state index is -0.0795. The average Bonchev–Trinajstić information content (AvgIpc) is 2.41. The highest BCUT2D eigenvalue weighted by Gasteiger charge is 1.97. The van der Waals surface area contributed by atoms with Gasteiger partial charge in [0.05, 0.1) is 0 Å². The molecule has 2 amide bonds. The second-order valence-electron chi connectivity index (χ2n) is 4.07. The Kier molecular flexibility index (Phi) is 7.55. The van der Waals surface area contributed by atoms with E-state index in [1.54, 1.807) is 6.20 Å². The molecule has 0 fully saturated rings. The summed E-state index contributed by atoms with van der Waals surface area (Å²) in [6, 6.07) is 3.89. The van der Waals surface area contributed by atoms with Crippen LogP contribution in [-0.4, -0.2) is 30.6 Å². The van der Waals surface area contributed by atoms with Crippen LogP contribution in [0.2, 0.25) is 0 Å². The van der Waals surface area contributed by atoms with E-state index in [-0.39, 0.29) is 6.03 Å². The van der Waals surface area contributed by atoms with Crippen LogP contribution in [0.25, 0.3) is 0 Å². The van der Waals surface area contributed by atoms with Gasteiger partial charge in [-0.3, -0.25) is 4.98 Å². The van der Waals surface area contributed by atoms with Gasteiger partial charge in [0.2, 0.25) is 0 Å². The minimum Gasteiger partial charge on any atom is -0.338 e. The molecule has 5 heteroatoms. The molecule has 0 aromatic carbocycles. The van der Waals surface area contributed by atoms with Gasteiger partial charge >= 0.3 is 6.03 Å². The molecule has 0 bridgehead atoms. The predicted molar refractivity (Wildman–Crippen MR) is 72.3 cm³/mol. The molecule has 0 radical (unpaired) electrons. The van der Waals surface area contributed by atoms with E-state index in [0.29, 0.717) is 6.54 Å². The van der Waals surface area contributed by atoms with E-state index >= 15 is 0 Å². The fourth-order valence-corrected chi connectivity index (χ4v) is 1.45. The fraction of sp³-hybridized carbons (Fsp3) is 0.538. The lowest BCUT2D eigenvalue weighted by atomic mass is 10.3. The molecule has 0 saturated carbocycles. The third kappa shape index (κ3) is 6.85. The van der Waals surface area contributed by atoms with Crippen molar-refractivity contribution in [3.63, 3.8) is 0 Å². The van der Waals surface area contributed by atoms with E-state index in [2.05, 4.69) is 20.9 Å². The minimum absolute atomic E-state index is 0.0795. The maximum atomic E-state index is 11.2. The van der Waals surface area contributed by atoms with E-state index in [4.69, 9.17) is 0 Å². The van der Waals surface area contributed by atoms with E-state index < -0.39 is 0 Å². The quantitative estimate of drug-likeness (QED) is 0.609. The molecule has 0 unspecified atom stereocenters. The van der Waals surface area contributed by atoms with Crippen molar-refractivity contribution in [2.24, 2.45) is 0 Å². The summed E-state index contributed by atoms with van der Waals surface area (Å²) in [5.74, 6) is 0. The summed E-state index contributed by atoms with van der Waals surface area (Å²) >= 11 is 0. The highest BCUT2D eigenvalue weighted by Crippen LogP contribution is 1.93. The van der Waals surface area contributed by atoms with Gasteiger partial charge in [-0.15, -0.1) is 0 Å². The number of pyridine rings is 1. The summed E-state index contributed by atoms with van der Waals surface area (Å²) in [4.78, 5) is 15.3. The van der Waals surface area contributed by atoms with Gasteiger partial charge in [0.1, 0.15) is 0 Å². The number of nitrogens with one attached hydrogen (secondary N) is 3. The van der Waals surface area contributed by atoms with Crippen LogP contribution in [0.15, 0.2) is 24.5 Å². The lowest BCUT2D eigenvalue weighted by Gasteiger charge is -2.07. The zero-order valence-electron chi connectivity index (χ0n) is 10.9. The van der Waals surface area contributed by atoms with E-state index in [0.717, 1.165) is 32.5 Å². The Morgan fingerprint density at radius 2 is 2.11 bits per heavy atom. The first-order valence-corrected chi connectivity index (χ1v) is 6.44.